The van der Waals surface area contributed by atoms with Crippen LogP contribution in [0.15, 0.2) is 71.3 Å². The van der Waals surface area contributed by atoms with Crippen molar-refractivity contribution in [3.05, 3.63) is 78.0 Å². The summed E-state index contributed by atoms with van der Waals surface area (Å²) in [7, 11) is 2.11. The Hall–Kier alpha value is -2.92. The maximum absolute atomic E-state index is 12.6. The van der Waals surface area contributed by atoms with E-state index in [1.165, 1.54) is 5.56 Å². The molecule has 0 N–H and O–H groups in total. The predicted octanol–water partition coefficient (Wildman–Crippen LogP) is 4.35. The summed E-state index contributed by atoms with van der Waals surface area (Å²) in [4.78, 5) is 16.9. The molecule has 1 atom stereocenters. The molecule has 0 aliphatic carbocycles. The van der Waals surface area contributed by atoms with Crippen molar-refractivity contribution in [1.82, 2.24) is 15.0 Å². The zero-order valence-corrected chi connectivity index (χ0v) is 16.8. The van der Waals surface area contributed by atoms with Gasteiger partial charge in [-0.15, -0.1) is 0 Å². The van der Waals surface area contributed by atoms with Crippen molar-refractivity contribution in [3.8, 4) is 11.3 Å². The number of aromatic nitrogens is 1. The first-order valence-corrected chi connectivity index (χ1v) is 10.2. The average Bonchev–Trinajstić information content (AvgIpc) is 3.14. The van der Waals surface area contributed by atoms with Gasteiger partial charge in [0.15, 0.2) is 5.76 Å². The number of benzene rings is 2. The Labute approximate surface area is 171 Å². The van der Waals surface area contributed by atoms with Crippen LogP contribution in [-0.2, 0) is 17.9 Å². The quantitative estimate of drug-likeness (QED) is 0.629. The van der Waals surface area contributed by atoms with Crippen LogP contribution in [0.1, 0.15) is 30.5 Å². The van der Waals surface area contributed by atoms with Crippen LogP contribution in [0, 0.1) is 0 Å². The summed E-state index contributed by atoms with van der Waals surface area (Å²) in [5.74, 6) is 1.04. The van der Waals surface area contributed by atoms with Gasteiger partial charge in [-0.1, -0.05) is 65.8 Å². The molecule has 0 saturated carbocycles. The second kappa shape index (κ2) is 9.05. The van der Waals surface area contributed by atoms with Crippen molar-refractivity contribution >= 4 is 5.91 Å². The maximum Gasteiger partial charge on any atom is 0.222 e. The van der Waals surface area contributed by atoms with Crippen molar-refractivity contribution in [2.75, 3.05) is 13.6 Å². The van der Waals surface area contributed by atoms with Crippen molar-refractivity contribution < 1.29 is 9.32 Å². The highest BCUT2D eigenvalue weighted by atomic mass is 16.5. The minimum atomic E-state index is 0.248. The number of nitrogens with zero attached hydrogens (tertiary/aromatic N) is 3. The lowest BCUT2D eigenvalue weighted by Gasteiger charge is -2.26. The van der Waals surface area contributed by atoms with E-state index in [1.54, 1.807) is 0 Å². The number of carbonyl (C=O) groups excluding carboxylic acids is 1. The van der Waals surface area contributed by atoms with Crippen LogP contribution < -0.4 is 0 Å². The van der Waals surface area contributed by atoms with Gasteiger partial charge in [-0.05, 0) is 25.5 Å². The van der Waals surface area contributed by atoms with Gasteiger partial charge in [0.2, 0.25) is 5.91 Å². The van der Waals surface area contributed by atoms with Crippen LogP contribution in [0.25, 0.3) is 11.3 Å². The van der Waals surface area contributed by atoms with E-state index in [-0.39, 0.29) is 5.91 Å². The Morgan fingerprint density at radius 2 is 1.79 bits per heavy atom. The van der Waals surface area contributed by atoms with Crippen LogP contribution in [0.3, 0.4) is 0 Å². The number of hydrogen-bond acceptors (Lipinski definition) is 4. The Morgan fingerprint density at radius 1 is 1.07 bits per heavy atom. The Morgan fingerprint density at radius 3 is 2.55 bits per heavy atom. The van der Waals surface area contributed by atoms with Crippen LogP contribution >= 0.6 is 0 Å². The molecule has 5 nitrogen and oxygen atoms in total. The standard InChI is InChI=1S/C24H27N3O2/c1-26(18-21-16-23(29-25-21)20-10-6-3-7-11-20)22-12-13-24(28)27(15-14-22)17-19-8-4-2-5-9-19/h2-11,16,22H,12-15,17-18H2,1H3. The maximum atomic E-state index is 12.6. The van der Waals surface area contributed by atoms with E-state index >= 15 is 0 Å². The lowest BCUT2D eigenvalue weighted by atomic mass is 10.1. The molecule has 0 radical (unpaired) electrons. The van der Waals surface area contributed by atoms with Gasteiger partial charge < -0.3 is 9.42 Å². The molecule has 1 saturated heterocycles. The van der Waals surface area contributed by atoms with Gasteiger partial charge in [-0.25, -0.2) is 0 Å². The highest BCUT2D eigenvalue weighted by Gasteiger charge is 2.25. The van der Waals surface area contributed by atoms with E-state index in [0.29, 0.717) is 25.6 Å². The van der Waals surface area contributed by atoms with Gasteiger partial charge in [0, 0.05) is 43.7 Å². The van der Waals surface area contributed by atoms with Gasteiger partial charge in [0.25, 0.3) is 0 Å². The van der Waals surface area contributed by atoms with Crippen molar-refractivity contribution in [3.63, 3.8) is 0 Å². The summed E-state index contributed by atoms with van der Waals surface area (Å²) in [6, 6.07) is 22.6. The predicted molar refractivity (Wildman–Crippen MR) is 113 cm³/mol. The third kappa shape index (κ3) is 4.93. The molecule has 3 aromatic rings. The number of amides is 1. The number of likely N-dealkylation sites (tertiary alicyclic amines) is 1. The summed E-state index contributed by atoms with van der Waals surface area (Å²) >= 11 is 0. The van der Waals surface area contributed by atoms with Crippen LogP contribution in [0.2, 0.25) is 0 Å². The molecule has 1 aromatic heterocycles. The topological polar surface area (TPSA) is 49.6 Å². The first-order valence-electron chi connectivity index (χ1n) is 10.2. The molecule has 4 rings (SSSR count). The van der Waals surface area contributed by atoms with E-state index < -0.39 is 0 Å². The molecule has 5 heteroatoms. The lowest BCUT2D eigenvalue weighted by Crippen LogP contribution is -2.33. The SMILES string of the molecule is CN(Cc1cc(-c2ccccc2)on1)C1CCC(=O)N(Cc2ccccc2)CC1. The molecular formula is C24H27N3O2. The molecule has 29 heavy (non-hydrogen) atoms. The van der Waals surface area contributed by atoms with Gasteiger partial charge in [0.1, 0.15) is 0 Å². The smallest absolute Gasteiger partial charge is 0.222 e. The molecule has 150 valence electrons. The first-order chi connectivity index (χ1) is 14.2. The normalized spacial score (nSPS) is 17.5. The molecule has 0 bridgehead atoms. The van der Waals surface area contributed by atoms with Gasteiger partial charge in [-0.2, -0.15) is 0 Å². The van der Waals surface area contributed by atoms with E-state index in [4.69, 9.17) is 4.52 Å². The van der Waals surface area contributed by atoms with E-state index in [2.05, 4.69) is 29.2 Å². The molecule has 1 fully saturated rings. The van der Waals surface area contributed by atoms with Gasteiger partial charge in [-0.3, -0.25) is 9.69 Å². The second-order valence-electron chi connectivity index (χ2n) is 7.75. The van der Waals surface area contributed by atoms with E-state index in [1.807, 2.05) is 59.5 Å². The summed E-state index contributed by atoms with van der Waals surface area (Å²) in [5.41, 5.74) is 3.14. The van der Waals surface area contributed by atoms with E-state index in [9.17, 15) is 4.79 Å². The first kappa shape index (κ1) is 19.4. The zero-order chi connectivity index (χ0) is 20.1. The monoisotopic (exact) mass is 389 g/mol. The molecule has 1 aliphatic heterocycles. The van der Waals surface area contributed by atoms with Crippen LogP contribution in [0.4, 0.5) is 0 Å². The van der Waals surface area contributed by atoms with Crippen molar-refractivity contribution in [1.29, 1.82) is 0 Å². The molecule has 1 aliphatic rings. The summed E-state index contributed by atoms with van der Waals surface area (Å²) in [5, 5.41) is 4.24. The second-order valence-corrected chi connectivity index (χ2v) is 7.75. The minimum Gasteiger partial charge on any atom is -0.356 e. The average molecular weight is 389 g/mol. The number of hydrogen-bond donors (Lipinski definition) is 0. The highest BCUT2D eigenvalue weighted by Crippen LogP contribution is 2.23. The summed E-state index contributed by atoms with van der Waals surface area (Å²) in [6.07, 6.45) is 2.44. The highest BCUT2D eigenvalue weighted by molar-refractivity contribution is 5.76. The zero-order valence-electron chi connectivity index (χ0n) is 16.8. The fraction of sp³-hybridized carbons (Fsp3) is 0.333. The Balaban J connectivity index is 1.35. The van der Waals surface area contributed by atoms with E-state index in [0.717, 1.165) is 36.4 Å². The fourth-order valence-corrected chi connectivity index (χ4v) is 3.94. The van der Waals surface area contributed by atoms with Crippen molar-refractivity contribution in [2.45, 2.75) is 38.4 Å². The number of rotatable bonds is 6. The third-order valence-electron chi connectivity index (χ3n) is 5.64. The largest absolute Gasteiger partial charge is 0.356 e. The minimum absolute atomic E-state index is 0.248. The van der Waals surface area contributed by atoms with Crippen LogP contribution in [0.5, 0.6) is 0 Å². The third-order valence-corrected chi connectivity index (χ3v) is 5.64. The Bertz CT molecular complexity index is 924. The Kier molecular flexibility index (Phi) is 6.06. The fourth-order valence-electron chi connectivity index (χ4n) is 3.94. The molecular weight excluding hydrogens is 362 g/mol. The summed E-state index contributed by atoms with van der Waals surface area (Å²) < 4.78 is 5.53. The summed E-state index contributed by atoms with van der Waals surface area (Å²) in [6.45, 7) is 2.20. The van der Waals surface area contributed by atoms with Gasteiger partial charge in [0.05, 0.1) is 5.69 Å². The molecule has 0 spiro atoms. The lowest BCUT2D eigenvalue weighted by molar-refractivity contribution is -0.131. The number of carbonyl (C=O) groups is 1. The van der Waals surface area contributed by atoms with Crippen LogP contribution in [-0.4, -0.2) is 40.5 Å². The molecule has 1 unspecified atom stereocenters. The van der Waals surface area contributed by atoms with Crippen molar-refractivity contribution in [2.24, 2.45) is 0 Å². The molecule has 2 heterocycles. The van der Waals surface area contributed by atoms with Gasteiger partial charge >= 0.3 is 0 Å². The molecule has 2 aromatic carbocycles. The molecule has 1 amide bonds.